The highest BCUT2D eigenvalue weighted by Gasteiger charge is 2.44. The quantitative estimate of drug-likeness (QED) is 0.903. The number of para-hydroxylation sites is 1. The summed E-state index contributed by atoms with van der Waals surface area (Å²) in [4.78, 5) is 26.8. The van der Waals surface area contributed by atoms with Crippen molar-refractivity contribution in [1.29, 1.82) is 0 Å². The van der Waals surface area contributed by atoms with Gasteiger partial charge < -0.3 is 19.5 Å². The van der Waals surface area contributed by atoms with Crippen LogP contribution in [-0.4, -0.2) is 48.2 Å². The Hall–Kier alpha value is -3.02. The number of hydrogen-bond donors (Lipinski definition) is 1. The summed E-state index contributed by atoms with van der Waals surface area (Å²) in [7, 11) is 0. The fourth-order valence-corrected chi connectivity index (χ4v) is 3.89. The van der Waals surface area contributed by atoms with Crippen LogP contribution in [-0.2, 0) is 10.2 Å². The monoisotopic (exact) mass is 367 g/mol. The van der Waals surface area contributed by atoms with E-state index in [-0.39, 0.29) is 5.91 Å². The summed E-state index contributed by atoms with van der Waals surface area (Å²) in [6, 6.07) is 14.6. The molecule has 27 heavy (non-hydrogen) atoms. The Morgan fingerprint density at radius 2 is 1.63 bits per heavy atom. The topological polar surface area (TPSA) is 76.1 Å². The van der Waals surface area contributed by atoms with E-state index in [0.717, 1.165) is 5.56 Å². The van der Waals surface area contributed by atoms with Crippen LogP contribution in [0.1, 0.15) is 28.8 Å². The lowest BCUT2D eigenvalue weighted by molar-refractivity contribution is -0.145. The summed E-state index contributed by atoms with van der Waals surface area (Å²) in [5, 5.41) is 9.90. The van der Waals surface area contributed by atoms with E-state index in [0.29, 0.717) is 56.2 Å². The SMILES string of the molecule is O=C(c1cccc2c1OCCO2)N1CCC(C(=O)O)(c2ccccc2)CC1. The largest absolute Gasteiger partial charge is 0.486 e. The normalized spacial score (nSPS) is 18.0. The van der Waals surface area contributed by atoms with Gasteiger partial charge in [-0.05, 0) is 30.5 Å². The van der Waals surface area contributed by atoms with Gasteiger partial charge in [-0.25, -0.2) is 0 Å². The molecule has 1 amide bonds. The molecule has 1 N–H and O–H groups in total. The number of carboxylic acids is 1. The van der Waals surface area contributed by atoms with Crippen LogP contribution in [0.5, 0.6) is 11.5 Å². The Labute approximate surface area is 157 Å². The molecule has 0 unspecified atom stereocenters. The minimum absolute atomic E-state index is 0.149. The number of fused-ring (bicyclic) bond motifs is 1. The average Bonchev–Trinajstić information content (AvgIpc) is 2.73. The molecule has 140 valence electrons. The van der Waals surface area contributed by atoms with Crippen molar-refractivity contribution in [3.05, 3.63) is 59.7 Å². The van der Waals surface area contributed by atoms with Crippen LogP contribution in [0.2, 0.25) is 0 Å². The summed E-state index contributed by atoms with van der Waals surface area (Å²) in [5.74, 6) is 0.0687. The highest BCUT2D eigenvalue weighted by Crippen LogP contribution is 2.38. The zero-order valence-corrected chi connectivity index (χ0v) is 14.9. The number of carbonyl (C=O) groups excluding carboxylic acids is 1. The first kappa shape index (κ1) is 17.4. The van der Waals surface area contributed by atoms with E-state index >= 15 is 0 Å². The van der Waals surface area contributed by atoms with Gasteiger partial charge in [0.2, 0.25) is 0 Å². The van der Waals surface area contributed by atoms with Gasteiger partial charge in [0.05, 0.1) is 11.0 Å². The number of nitrogens with zero attached hydrogens (tertiary/aromatic N) is 1. The van der Waals surface area contributed by atoms with E-state index in [2.05, 4.69) is 0 Å². The predicted octanol–water partition coefficient (Wildman–Crippen LogP) is 2.72. The zero-order valence-electron chi connectivity index (χ0n) is 14.9. The number of aliphatic carboxylic acids is 1. The number of likely N-dealkylation sites (tertiary alicyclic amines) is 1. The summed E-state index contributed by atoms with van der Waals surface area (Å²) >= 11 is 0. The van der Waals surface area contributed by atoms with Crippen LogP contribution < -0.4 is 9.47 Å². The number of amides is 1. The molecule has 6 nitrogen and oxygen atoms in total. The van der Waals surface area contributed by atoms with Gasteiger partial charge in [-0.2, -0.15) is 0 Å². The zero-order chi connectivity index (χ0) is 18.9. The molecule has 2 aliphatic heterocycles. The third-order valence-corrected chi connectivity index (χ3v) is 5.44. The Morgan fingerprint density at radius 1 is 0.926 bits per heavy atom. The third-order valence-electron chi connectivity index (χ3n) is 5.44. The minimum atomic E-state index is -0.951. The minimum Gasteiger partial charge on any atom is -0.486 e. The number of carboxylic acid groups (broad SMARTS) is 1. The van der Waals surface area contributed by atoms with E-state index in [9.17, 15) is 14.7 Å². The summed E-state index contributed by atoms with van der Waals surface area (Å²) in [5.41, 5.74) is 0.307. The number of benzene rings is 2. The van der Waals surface area contributed by atoms with E-state index in [4.69, 9.17) is 9.47 Å². The van der Waals surface area contributed by atoms with Crippen molar-refractivity contribution in [2.75, 3.05) is 26.3 Å². The van der Waals surface area contributed by atoms with Crippen LogP contribution in [0.4, 0.5) is 0 Å². The molecule has 1 saturated heterocycles. The van der Waals surface area contributed by atoms with Crippen LogP contribution in [0.15, 0.2) is 48.5 Å². The molecular formula is C21H21NO5. The first-order valence-electron chi connectivity index (χ1n) is 9.09. The van der Waals surface area contributed by atoms with Gasteiger partial charge in [0.15, 0.2) is 11.5 Å². The number of carbonyl (C=O) groups is 2. The molecule has 0 spiro atoms. The molecule has 0 saturated carbocycles. The number of hydrogen-bond acceptors (Lipinski definition) is 4. The van der Waals surface area contributed by atoms with Crippen molar-refractivity contribution in [1.82, 2.24) is 4.90 Å². The fraction of sp³-hybridized carbons (Fsp3) is 0.333. The number of piperidine rings is 1. The van der Waals surface area contributed by atoms with Crippen LogP contribution in [0.25, 0.3) is 0 Å². The molecule has 6 heteroatoms. The second kappa shape index (κ2) is 6.95. The standard InChI is InChI=1S/C21H21NO5/c23-19(16-7-4-8-17-18(16)27-14-13-26-17)22-11-9-21(10-12-22,20(24)25)15-5-2-1-3-6-15/h1-8H,9-14H2,(H,24,25). The van der Waals surface area contributed by atoms with Gasteiger partial charge in [-0.1, -0.05) is 36.4 Å². The van der Waals surface area contributed by atoms with E-state index in [1.54, 1.807) is 23.1 Å². The lowest BCUT2D eigenvalue weighted by Crippen LogP contribution is -2.49. The van der Waals surface area contributed by atoms with E-state index < -0.39 is 11.4 Å². The first-order chi connectivity index (χ1) is 13.1. The highest BCUT2D eigenvalue weighted by molar-refractivity contribution is 5.98. The Balaban J connectivity index is 1.56. The van der Waals surface area contributed by atoms with E-state index in [1.165, 1.54) is 0 Å². The van der Waals surface area contributed by atoms with Crippen LogP contribution in [0.3, 0.4) is 0 Å². The molecule has 2 aromatic rings. The lowest BCUT2D eigenvalue weighted by Gasteiger charge is -2.39. The van der Waals surface area contributed by atoms with Gasteiger partial charge >= 0.3 is 5.97 Å². The van der Waals surface area contributed by atoms with Crippen molar-refractivity contribution in [3.63, 3.8) is 0 Å². The second-order valence-electron chi connectivity index (χ2n) is 6.88. The smallest absolute Gasteiger partial charge is 0.314 e. The van der Waals surface area contributed by atoms with Gasteiger partial charge in [-0.3, -0.25) is 9.59 Å². The Kier molecular flexibility index (Phi) is 4.48. The third kappa shape index (κ3) is 3.01. The molecule has 0 aromatic heterocycles. The molecule has 0 atom stereocenters. The molecule has 1 fully saturated rings. The number of ether oxygens (including phenoxy) is 2. The first-order valence-corrected chi connectivity index (χ1v) is 9.09. The maximum atomic E-state index is 13.0. The summed E-state index contributed by atoms with van der Waals surface area (Å²) in [6.45, 7) is 1.63. The molecule has 4 rings (SSSR count). The highest BCUT2D eigenvalue weighted by atomic mass is 16.6. The Bertz CT molecular complexity index is 856. The summed E-state index contributed by atoms with van der Waals surface area (Å²) in [6.07, 6.45) is 0.759. The van der Waals surface area contributed by atoms with Gasteiger partial charge in [0.1, 0.15) is 13.2 Å². The average molecular weight is 367 g/mol. The lowest BCUT2D eigenvalue weighted by atomic mass is 9.72. The van der Waals surface area contributed by atoms with Crippen LogP contribution in [0, 0.1) is 0 Å². The van der Waals surface area contributed by atoms with Gasteiger partial charge in [0.25, 0.3) is 5.91 Å². The molecule has 2 aromatic carbocycles. The molecule has 0 aliphatic carbocycles. The maximum Gasteiger partial charge on any atom is 0.314 e. The maximum absolute atomic E-state index is 13.0. The van der Waals surface area contributed by atoms with Crippen molar-refractivity contribution in [2.45, 2.75) is 18.3 Å². The second-order valence-corrected chi connectivity index (χ2v) is 6.88. The van der Waals surface area contributed by atoms with Crippen molar-refractivity contribution < 1.29 is 24.2 Å². The molecule has 0 radical (unpaired) electrons. The fourth-order valence-electron chi connectivity index (χ4n) is 3.89. The Morgan fingerprint density at radius 3 is 2.33 bits per heavy atom. The van der Waals surface area contributed by atoms with Crippen molar-refractivity contribution in [3.8, 4) is 11.5 Å². The molecular weight excluding hydrogens is 346 g/mol. The van der Waals surface area contributed by atoms with Gasteiger partial charge in [0, 0.05) is 13.1 Å². The number of rotatable bonds is 3. The predicted molar refractivity (Wildman–Crippen MR) is 98.3 cm³/mol. The molecule has 2 aliphatic rings. The van der Waals surface area contributed by atoms with Crippen molar-refractivity contribution in [2.24, 2.45) is 0 Å². The molecule has 2 heterocycles. The summed E-state index contributed by atoms with van der Waals surface area (Å²) < 4.78 is 11.2. The van der Waals surface area contributed by atoms with Gasteiger partial charge in [-0.15, -0.1) is 0 Å². The molecule has 0 bridgehead atoms. The van der Waals surface area contributed by atoms with Crippen molar-refractivity contribution >= 4 is 11.9 Å². The van der Waals surface area contributed by atoms with E-state index in [1.807, 2.05) is 30.3 Å². The van der Waals surface area contributed by atoms with Crippen LogP contribution >= 0.6 is 0 Å².